The normalized spacial score (nSPS) is 11.4. The number of hydrogen-bond acceptors (Lipinski definition) is 0. The second-order valence-electron chi connectivity index (χ2n) is 10.5. The average Bonchev–Trinajstić information content (AvgIpc) is 3.38. The van der Waals surface area contributed by atoms with Gasteiger partial charge in [0.2, 0.25) is 0 Å². The van der Waals surface area contributed by atoms with E-state index in [1.54, 1.807) is 6.07 Å². The molecule has 8 aromatic rings. The van der Waals surface area contributed by atoms with Gasteiger partial charge in [0.1, 0.15) is 5.82 Å². The van der Waals surface area contributed by atoms with E-state index in [1.165, 1.54) is 22.9 Å². The van der Waals surface area contributed by atoms with E-state index in [0.717, 1.165) is 55.0 Å². The number of fused-ring (bicyclic) bond motifs is 5. The summed E-state index contributed by atoms with van der Waals surface area (Å²) in [5.74, 6) is -0.334. The van der Waals surface area contributed by atoms with Gasteiger partial charge in [-0.05, 0) is 74.6 Å². The minimum atomic E-state index is -0.334. The molecule has 0 aliphatic carbocycles. The van der Waals surface area contributed by atoms with Crippen LogP contribution in [0.3, 0.4) is 0 Å². The Hall–Kier alpha value is -5.72. The van der Waals surface area contributed by atoms with Crippen molar-refractivity contribution in [3.05, 3.63) is 157 Å². The molecular formula is C39H23FN2. The summed E-state index contributed by atoms with van der Waals surface area (Å²) in [4.78, 5) is 3.58. The van der Waals surface area contributed by atoms with Gasteiger partial charge in [0.25, 0.3) is 0 Å². The molecule has 0 bridgehead atoms. The van der Waals surface area contributed by atoms with E-state index >= 15 is 4.39 Å². The lowest BCUT2D eigenvalue weighted by Gasteiger charge is -2.18. The maximum absolute atomic E-state index is 15.4. The zero-order valence-corrected chi connectivity index (χ0v) is 22.6. The van der Waals surface area contributed by atoms with E-state index in [2.05, 4.69) is 100 Å². The van der Waals surface area contributed by atoms with Crippen LogP contribution in [0.2, 0.25) is 0 Å². The van der Waals surface area contributed by atoms with E-state index in [9.17, 15) is 0 Å². The first kappa shape index (κ1) is 24.1. The Kier molecular flexibility index (Phi) is 5.42. The maximum Gasteiger partial charge on any atom is 0.188 e. The highest BCUT2D eigenvalue weighted by Gasteiger charge is 2.20. The van der Waals surface area contributed by atoms with Crippen LogP contribution in [0.4, 0.5) is 10.1 Å². The van der Waals surface area contributed by atoms with Crippen molar-refractivity contribution in [2.75, 3.05) is 0 Å². The molecule has 7 aromatic carbocycles. The summed E-state index contributed by atoms with van der Waals surface area (Å²) in [6.07, 6.45) is 0. The first-order valence-corrected chi connectivity index (χ1v) is 13.9. The summed E-state index contributed by atoms with van der Waals surface area (Å²) in [6.45, 7) is 7.53. The molecule has 0 radical (unpaired) electrons. The molecule has 2 nitrogen and oxygen atoms in total. The zero-order valence-electron chi connectivity index (χ0n) is 22.6. The van der Waals surface area contributed by atoms with Gasteiger partial charge in [0.15, 0.2) is 5.69 Å². The van der Waals surface area contributed by atoms with Crippen molar-refractivity contribution < 1.29 is 4.39 Å². The number of nitrogens with zero attached hydrogens (tertiary/aromatic N) is 2. The molecule has 0 saturated carbocycles. The number of rotatable bonds is 3. The zero-order chi connectivity index (χ0) is 28.2. The summed E-state index contributed by atoms with van der Waals surface area (Å²) in [7, 11) is 0. The third kappa shape index (κ3) is 3.56. The second-order valence-corrected chi connectivity index (χ2v) is 10.5. The van der Waals surface area contributed by atoms with E-state index in [-0.39, 0.29) is 5.82 Å². The van der Waals surface area contributed by atoms with Gasteiger partial charge in [-0.25, -0.2) is 9.24 Å². The van der Waals surface area contributed by atoms with E-state index < -0.39 is 0 Å². The molecule has 196 valence electrons. The fourth-order valence-electron chi connectivity index (χ4n) is 6.49. The van der Waals surface area contributed by atoms with Gasteiger partial charge in [-0.3, -0.25) is 0 Å². The predicted molar refractivity (Wildman–Crippen MR) is 173 cm³/mol. The molecule has 0 aliphatic rings. The van der Waals surface area contributed by atoms with Crippen molar-refractivity contribution in [2.45, 2.75) is 0 Å². The standard InChI is InChI=1S/C39H23FN2/c1-41-26-20-22-35(40)34(24-26)39-32-16-7-5-14-30(32)38(31-15-6-8-17-33(31)39)25-19-21-29-28-13-9-10-18-36(28)42(37(29)23-25)27-11-3-2-4-12-27/h2-24H. The highest BCUT2D eigenvalue weighted by atomic mass is 19.1. The largest absolute Gasteiger partial charge is 0.309 e. The van der Waals surface area contributed by atoms with Crippen molar-refractivity contribution in [1.29, 1.82) is 0 Å². The Balaban J connectivity index is 1.50. The van der Waals surface area contributed by atoms with Crippen LogP contribution in [0.1, 0.15) is 0 Å². The quantitative estimate of drug-likeness (QED) is 0.156. The van der Waals surface area contributed by atoms with Crippen LogP contribution in [0.15, 0.2) is 140 Å². The topological polar surface area (TPSA) is 9.29 Å². The van der Waals surface area contributed by atoms with Crippen LogP contribution >= 0.6 is 0 Å². The van der Waals surface area contributed by atoms with Crippen molar-refractivity contribution in [2.24, 2.45) is 0 Å². The lowest BCUT2D eigenvalue weighted by Crippen LogP contribution is -1.94. The monoisotopic (exact) mass is 538 g/mol. The highest BCUT2D eigenvalue weighted by molar-refractivity contribution is 6.22. The van der Waals surface area contributed by atoms with E-state index in [4.69, 9.17) is 6.57 Å². The average molecular weight is 539 g/mol. The van der Waals surface area contributed by atoms with Crippen molar-refractivity contribution in [3.8, 4) is 27.9 Å². The van der Waals surface area contributed by atoms with Crippen LogP contribution in [0.25, 0.3) is 76.1 Å². The second kappa shape index (κ2) is 9.44. The third-order valence-electron chi connectivity index (χ3n) is 8.26. The summed E-state index contributed by atoms with van der Waals surface area (Å²) < 4.78 is 17.8. The summed E-state index contributed by atoms with van der Waals surface area (Å²) in [6, 6.07) is 46.7. The van der Waals surface area contributed by atoms with Gasteiger partial charge in [0, 0.05) is 22.0 Å². The van der Waals surface area contributed by atoms with E-state index in [0.29, 0.717) is 11.3 Å². The highest BCUT2D eigenvalue weighted by Crippen LogP contribution is 2.45. The minimum Gasteiger partial charge on any atom is -0.309 e. The Labute approximate surface area is 242 Å². The predicted octanol–water partition coefficient (Wildman–Crippen LogP) is 11.1. The van der Waals surface area contributed by atoms with Crippen LogP contribution < -0.4 is 0 Å². The van der Waals surface area contributed by atoms with E-state index in [1.807, 2.05) is 30.3 Å². The summed E-state index contributed by atoms with van der Waals surface area (Å²) in [5, 5.41) is 6.40. The molecule has 0 N–H and O–H groups in total. The van der Waals surface area contributed by atoms with Gasteiger partial charge in [-0.2, -0.15) is 0 Å². The lowest BCUT2D eigenvalue weighted by atomic mass is 9.85. The number of halogens is 1. The molecule has 42 heavy (non-hydrogen) atoms. The third-order valence-corrected chi connectivity index (χ3v) is 8.26. The molecule has 3 heteroatoms. The number of aromatic nitrogens is 1. The maximum atomic E-state index is 15.4. The minimum absolute atomic E-state index is 0.334. The van der Waals surface area contributed by atoms with Gasteiger partial charge in [-0.15, -0.1) is 0 Å². The van der Waals surface area contributed by atoms with Gasteiger partial charge in [-0.1, -0.05) is 103 Å². The molecule has 0 aliphatic heterocycles. The van der Waals surface area contributed by atoms with Crippen molar-refractivity contribution >= 4 is 49.0 Å². The molecule has 1 aromatic heterocycles. The summed E-state index contributed by atoms with van der Waals surface area (Å²) >= 11 is 0. The molecule has 0 unspecified atom stereocenters. The molecule has 0 saturated heterocycles. The van der Waals surface area contributed by atoms with Crippen molar-refractivity contribution in [3.63, 3.8) is 0 Å². The van der Waals surface area contributed by atoms with Gasteiger partial charge in [0.05, 0.1) is 17.6 Å². The molecule has 0 fully saturated rings. The molecule has 0 amide bonds. The Morgan fingerprint density at radius 3 is 1.74 bits per heavy atom. The van der Waals surface area contributed by atoms with Gasteiger partial charge >= 0.3 is 0 Å². The molecule has 0 spiro atoms. The molecular weight excluding hydrogens is 515 g/mol. The smallest absolute Gasteiger partial charge is 0.188 e. The van der Waals surface area contributed by atoms with Gasteiger partial charge < -0.3 is 4.57 Å². The molecule has 0 atom stereocenters. The SMILES string of the molecule is [C-]#[N+]c1ccc(F)c(-c2c3ccccc3c(-c3ccc4c5ccccc5n(-c5ccccc5)c4c3)c3ccccc23)c1. The van der Waals surface area contributed by atoms with Crippen LogP contribution in [-0.4, -0.2) is 4.57 Å². The number of para-hydroxylation sites is 2. The Bertz CT molecular complexity index is 2320. The first-order valence-electron chi connectivity index (χ1n) is 13.9. The van der Waals surface area contributed by atoms with Crippen molar-refractivity contribution in [1.82, 2.24) is 4.57 Å². The fourth-order valence-corrected chi connectivity index (χ4v) is 6.49. The first-order chi connectivity index (χ1) is 20.7. The molecule has 8 rings (SSSR count). The van der Waals surface area contributed by atoms with Crippen LogP contribution in [-0.2, 0) is 0 Å². The Morgan fingerprint density at radius 1 is 0.500 bits per heavy atom. The fraction of sp³-hybridized carbons (Fsp3) is 0. The molecule has 1 heterocycles. The number of hydrogen-bond donors (Lipinski definition) is 0. The lowest BCUT2D eigenvalue weighted by molar-refractivity contribution is 0.632. The summed E-state index contributed by atoms with van der Waals surface area (Å²) in [5.41, 5.74) is 7.29. The van der Waals surface area contributed by atoms with Crippen LogP contribution in [0, 0.1) is 12.4 Å². The Morgan fingerprint density at radius 2 is 1.07 bits per heavy atom. The number of benzene rings is 7. The van der Waals surface area contributed by atoms with Crippen LogP contribution in [0.5, 0.6) is 0 Å².